The van der Waals surface area contributed by atoms with Crippen molar-refractivity contribution in [3.63, 3.8) is 0 Å². The smallest absolute Gasteiger partial charge is 0.337 e. The number of halogens is 1. The van der Waals surface area contributed by atoms with Gasteiger partial charge in [-0.05, 0) is 41.8 Å². The maximum absolute atomic E-state index is 11.5. The van der Waals surface area contributed by atoms with Gasteiger partial charge in [0, 0.05) is 4.47 Å². The molecule has 3 heteroatoms. The molecule has 0 amide bonds. The van der Waals surface area contributed by atoms with E-state index in [4.69, 9.17) is 4.74 Å². The summed E-state index contributed by atoms with van der Waals surface area (Å²) in [6.45, 7) is 2.04. The van der Waals surface area contributed by atoms with Crippen LogP contribution in [-0.2, 0) is 4.74 Å². The number of rotatable bonds is 2. The molecule has 92 valence electrons. The highest BCUT2D eigenvalue weighted by Crippen LogP contribution is 2.25. The summed E-state index contributed by atoms with van der Waals surface area (Å²) in [5.74, 6) is -0.314. The molecule has 0 unspecified atom stereocenters. The largest absolute Gasteiger partial charge is 0.465 e. The summed E-state index contributed by atoms with van der Waals surface area (Å²) < 4.78 is 5.80. The summed E-state index contributed by atoms with van der Waals surface area (Å²) in [6.07, 6.45) is 0. The van der Waals surface area contributed by atoms with E-state index in [9.17, 15) is 4.79 Å². The second-order valence-electron chi connectivity index (χ2n) is 4.04. The minimum Gasteiger partial charge on any atom is -0.465 e. The summed E-state index contributed by atoms with van der Waals surface area (Å²) in [5.41, 5.74) is 3.82. The Labute approximate surface area is 115 Å². The van der Waals surface area contributed by atoms with E-state index in [1.807, 2.05) is 37.3 Å². The average molecular weight is 305 g/mol. The van der Waals surface area contributed by atoms with E-state index in [0.29, 0.717) is 5.56 Å². The lowest BCUT2D eigenvalue weighted by molar-refractivity contribution is 0.0601. The number of carbonyl (C=O) groups is 1. The van der Waals surface area contributed by atoms with Crippen molar-refractivity contribution < 1.29 is 9.53 Å². The first-order valence-corrected chi connectivity index (χ1v) is 6.36. The van der Waals surface area contributed by atoms with Crippen LogP contribution in [0.2, 0.25) is 0 Å². The Bertz CT molecular complexity index is 591. The minimum absolute atomic E-state index is 0.314. The van der Waals surface area contributed by atoms with Gasteiger partial charge in [0.1, 0.15) is 0 Å². The van der Waals surface area contributed by atoms with E-state index < -0.39 is 0 Å². The van der Waals surface area contributed by atoms with Gasteiger partial charge in [-0.15, -0.1) is 0 Å². The first-order valence-electron chi connectivity index (χ1n) is 5.56. The molecule has 0 aliphatic carbocycles. The number of aryl methyl sites for hydroxylation is 1. The third kappa shape index (κ3) is 2.62. The number of hydrogen-bond donors (Lipinski definition) is 0. The van der Waals surface area contributed by atoms with E-state index in [2.05, 4.69) is 22.0 Å². The molecule has 18 heavy (non-hydrogen) atoms. The molecule has 2 aromatic carbocycles. The SMILES string of the molecule is COC(=O)c1cccc(-c2ccc(Br)c(C)c2)c1. The Morgan fingerprint density at radius 2 is 1.83 bits per heavy atom. The molecule has 0 saturated heterocycles. The Morgan fingerprint density at radius 3 is 2.50 bits per heavy atom. The average Bonchev–Trinajstić information content (AvgIpc) is 2.41. The van der Waals surface area contributed by atoms with Crippen LogP contribution < -0.4 is 0 Å². The van der Waals surface area contributed by atoms with Crippen molar-refractivity contribution in [2.24, 2.45) is 0 Å². The molecule has 0 atom stereocenters. The van der Waals surface area contributed by atoms with E-state index in [0.717, 1.165) is 21.2 Å². The maximum atomic E-state index is 11.5. The van der Waals surface area contributed by atoms with Gasteiger partial charge in [0.2, 0.25) is 0 Å². The molecule has 0 radical (unpaired) electrons. The first kappa shape index (κ1) is 12.8. The molecule has 2 aromatic rings. The van der Waals surface area contributed by atoms with Crippen LogP contribution in [0.15, 0.2) is 46.9 Å². The van der Waals surface area contributed by atoms with Gasteiger partial charge >= 0.3 is 5.97 Å². The monoisotopic (exact) mass is 304 g/mol. The van der Waals surface area contributed by atoms with E-state index in [1.54, 1.807) is 6.07 Å². The molecule has 0 spiro atoms. The normalized spacial score (nSPS) is 10.2. The van der Waals surface area contributed by atoms with Crippen LogP contribution in [-0.4, -0.2) is 13.1 Å². The number of ether oxygens (including phenoxy) is 1. The van der Waals surface area contributed by atoms with Crippen LogP contribution in [0.3, 0.4) is 0 Å². The van der Waals surface area contributed by atoms with Gasteiger partial charge in [0.05, 0.1) is 12.7 Å². The summed E-state index contributed by atoms with van der Waals surface area (Å²) in [6, 6.07) is 13.5. The van der Waals surface area contributed by atoms with Crippen molar-refractivity contribution in [3.8, 4) is 11.1 Å². The zero-order valence-electron chi connectivity index (χ0n) is 10.2. The highest BCUT2D eigenvalue weighted by molar-refractivity contribution is 9.10. The van der Waals surface area contributed by atoms with Crippen LogP contribution in [0.5, 0.6) is 0 Å². The lowest BCUT2D eigenvalue weighted by Crippen LogP contribution is -2.00. The van der Waals surface area contributed by atoms with Crippen LogP contribution in [0, 0.1) is 6.92 Å². The number of carbonyl (C=O) groups excluding carboxylic acids is 1. The first-order chi connectivity index (χ1) is 8.61. The quantitative estimate of drug-likeness (QED) is 0.777. The predicted molar refractivity (Wildman–Crippen MR) is 75.7 cm³/mol. The third-order valence-electron chi connectivity index (χ3n) is 2.77. The number of benzene rings is 2. The van der Waals surface area contributed by atoms with Crippen LogP contribution in [0.4, 0.5) is 0 Å². The van der Waals surface area contributed by atoms with Gasteiger partial charge in [0.25, 0.3) is 0 Å². The molecule has 2 rings (SSSR count). The van der Waals surface area contributed by atoms with E-state index in [-0.39, 0.29) is 5.97 Å². The van der Waals surface area contributed by atoms with E-state index >= 15 is 0 Å². The van der Waals surface area contributed by atoms with Gasteiger partial charge in [-0.1, -0.05) is 40.2 Å². The highest BCUT2D eigenvalue weighted by atomic mass is 79.9. The van der Waals surface area contributed by atoms with Gasteiger partial charge < -0.3 is 4.74 Å². The second-order valence-corrected chi connectivity index (χ2v) is 4.89. The van der Waals surface area contributed by atoms with Gasteiger partial charge in [-0.25, -0.2) is 4.79 Å². The molecule has 0 aromatic heterocycles. The molecular weight excluding hydrogens is 292 g/mol. The Hall–Kier alpha value is -1.61. The van der Waals surface area contributed by atoms with Crippen molar-refractivity contribution in [3.05, 3.63) is 58.1 Å². The topological polar surface area (TPSA) is 26.3 Å². The molecular formula is C15H13BrO2. The zero-order valence-corrected chi connectivity index (χ0v) is 11.8. The van der Waals surface area contributed by atoms with Crippen LogP contribution in [0.25, 0.3) is 11.1 Å². The van der Waals surface area contributed by atoms with Gasteiger partial charge in [0.15, 0.2) is 0 Å². The molecule has 2 nitrogen and oxygen atoms in total. The summed E-state index contributed by atoms with van der Waals surface area (Å²) in [5, 5.41) is 0. The number of methoxy groups -OCH3 is 1. The fourth-order valence-electron chi connectivity index (χ4n) is 1.77. The Kier molecular flexibility index (Phi) is 3.82. The summed E-state index contributed by atoms with van der Waals surface area (Å²) >= 11 is 3.48. The minimum atomic E-state index is -0.314. The molecule has 0 saturated carbocycles. The predicted octanol–water partition coefficient (Wildman–Crippen LogP) is 4.21. The maximum Gasteiger partial charge on any atom is 0.337 e. The van der Waals surface area contributed by atoms with Crippen LogP contribution >= 0.6 is 15.9 Å². The summed E-state index contributed by atoms with van der Waals surface area (Å²) in [7, 11) is 1.39. The molecule has 0 bridgehead atoms. The standard InChI is InChI=1S/C15H13BrO2/c1-10-8-12(6-7-14(10)16)11-4-3-5-13(9-11)15(17)18-2/h3-9H,1-2H3. The third-order valence-corrected chi connectivity index (χ3v) is 3.66. The van der Waals surface area contributed by atoms with Crippen molar-refractivity contribution >= 4 is 21.9 Å². The highest BCUT2D eigenvalue weighted by Gasteiger charge is 2.07. The fourth-order valence-corrected chi connectivity index (χ4v) is 2.01. The molecule has 0 aliphatic heterocycles. The molecule has 0 fully saturated rings. The van der Waals surface area contributed by atoms with Gasteiger partial charge in [-0.3, -0.25) is 0 Å². The Balaban J connectivity index is 2.44. The lowest BCUT2D eigenvalue weighted by atomic mass is 10.0. The van der Waals surface area contributed by atoms with E-state index in [1.165, 1.54) is 7.11 Å². The van der Waals surface area contributed by atoms with Crippen molar-refractivity contribution in [1.82, 2.24) is 0 Å². The summed E-state index contributed by atoms with van der Waals surface area (Å²) in [4.78, 5) is 11.5. The molecule has 0 N–H and O–H groups in total. The second kappa shape index (κ2) is 5.36. The zero-order chi connectivity index (χ0) is 13.1. The van der Waals surface area contributed by atoms with Crippen molar-refractivity contribution in [2.75, 3.05) is 7.11 Å². The number of esters is 1. The van der Waals surface area contributed by atoms with Gasteiger partial charge in [-0.2, -0.15) is 0 Å². The Morgan fingerprint density at radius 1 is 1.11 bits per heavy atom. The van der Waals surface area contributed by atoms with Crippen molar-refractivity contribution in [2.45, 2.75) is 6.92 Å². The molecule has 0 heterocycles. The molecule has 0 aliphatic rings. The number of hydrogen-bond acceptors (Lipinski definition) is 2. The van der Waals surface area contributed by atoms with Crippen molar-refractivity contribution in [1.29, 1.82) is 0 Å². The fraction of sp³-hybridized carbons (Fsp3) is 0.133. The lowest BCUT2D eigenvalue weighted by Gasteiger charge is -2.06. The van der Waals surface area contributed by atoms with Crippen LogP contribution in [0.1, 0.15) is 15.9 Å².